The van der Waals surface area contributed by atoms with E-state index in [1.54, 1.807) is 6.20 Å². The zero-order valence-electron chi connectivity index (χ0n) is 12.4. The summed E-state index contributed by atoms with van der Waals surface area (Å²) in [7, 11) is 0. The number of para-hydroxylation sites is 1. The number of hydrogen-bond acceptors (Lipinski definition) is 6. The third-order valence-electron chi connectivity index (χ3n) is 3.68. The maximum Gasteiger partial charge on any atom is 0.234 e. The van der Waals surface area contributed by atoms with Crippen LogP contribution in [-0.2, 0) is 0 Å². The van der Waals surface area contributed by atoms with Crippen molar-refractivity contribution in [1.29, 1.82) is 0 Å². The zero-order chi connectivity index (χ0) is 15.4. The van der Waals surface area contributed by atoms with Gasteiger partial charge in [-0.25, -0.2) is 0 Å². The molecule has 0 bridgehead atoms. The number of aliphatic hydroxyl groups excluding tert-OH is 1. The van der Waals surface area contributed by atoms with Gasteiger partial charge in [0.2, 0.25) is 5.88 Å². The van der Waals surface area contributed by atoms with Crippen molar-refractivity contribution in [2.45, 2.75) is 18.9 Å². The standard InChI is InChI=1S/C16H19N3O3/c1-11-12-4-2-3-5-13(12)22-14(11)8-18-15-9-17-10-16(19-15)21-7-6-20/h2-5,9-11,14,20H,6-8H2,1H3,(H,18,19)/t11-,14-/m1/s1. The number of rotatable bonds is 6. The fraction of sp³-hybridized carbons (Fsp3) is 0.375. The Morgan fingerprint density at radius 3 is 3.00 bits per heavy atom. The monoisotopic (exact) mass is 301 g/mol. The van der Waals surface area contributed by atoms with Crippen LogP contribution in [0.2, 0.25) is 0 Å². The second-order valence-electron chi connectivity index (χ2n) is 5.18. The van der Waals surface area contributed by atoms with Gasteiger partial charge in [0.05, 0.1) is 25.5 Å². The minimum atomic E-state index is -0.0506. The van der Waals surface area contributed by atoms with Crippen LogP contribution in [0.15, 0.2) is 36.7 Å². The van der Waals surface area contributed by atoms with Gasteiger partial charge in [0.1, 0.15) is 24.3 Å². The van der Waals surface area contributed by atoms with E-state index in [0.29, 0.717) is 24.2 Å². The van der Waals surface area contributed by atoms with Crippen molar-refractivity contribution in [2.24, 2.45) is 0 Å². The van der Waals surface area contributed by atoms with Gasteiger partial charge in [0.25, 0.3) is 0 Å². The van der Waals surface area contributed by atoms with Gasteiger partial charge < -0.3 is 19.9 Å². The lowest BCUT2D eigenvalue weighted by molar-refractivity contribution is 0.196. The van der Waals surface area contributed by atoms with E-state index in [2.05, 4.69) is 28.3 Å². The molecule has 0 spiro atoms. The summed E-state index contributed by atoms with van der Waals surface area (Å²) in [4.78, 5) is 8.35. The van der Waals surface area contributed by atoms with Crippen molar-refractivity contribution in [2.75, 3.05) is 25.1 Å². The van der Waals surface area contributed by atoms with Crippen molar-refractivity contribution >= 4 is 5.82 Å². The Bertz CT molecular complexity index is 636. The molecule has 6 nitrogen and oxygen atoms in total. The second kappa shape index (κ2) is 6.62. The molecule has 116 valence electrons. The van der Waals surface area contributed by atoms with Crippen molar-refractivity contribution in [3.63, 3.8) is 0 Å². The Morgan fingerprint density at radius 1 is 1.32 bits per heavy atom. The number of hydrogen-bond donors (Lipinski definition) is 2. The molecule has 0 aliphatic carbocycles. The van der Waals surface area contributed by atoms with Crippen molar-refractivity contribution < 1.29 is 14.6 Å². The Kier molecular flexibility index (Phi) is 4.39. The van der Waals surface area contributed by atoms with E-state index < -0.39 is 0 Å². The minimum absolute atomic E-state index is 0.0506. The van der Waals surface area contributed by atoms with Crippen LogP contribution >= 0.6 is 0 Å². The molecule has 2 aromatic rings. The van der Waals surface area contributed by atoms with Gasteiger partial charge in [0.15, 0.2) is 0 Å². The predicted octanol–water partition coefficient (Wildman–Crippen LogP) is 1.82. The number of benzene rings is 1. The molecule has 0 saturated carbocycles. The highest BCUT2D eigenvalue weighted by Gasteiger charge is 2.30. The molecule has 6 heteroatoms. The molecule has 0 amide bonds. The summed E-state index contributed by atoms with van der Waals surface area (Å²) in [6.07, 6.45) is 3.21. The van der Waals surface area contributed by atoms with Gasteiger partial charge in [-0.3, -0.25) is 4.98 Å². The first-order chi connectivity index (χ1) is 10.8. The first-order valence-corrected chi connectivity index (χ1v) is 7.33. The smallest absolute Gasteiger partial charge is 0.234 e. The van der Waals surface area contributed by atoms with E-state index >= 15 is 0 Å². The number of fused-ring (bicyclic) bond motifs is 1. The van der Waals surface area contributed by atoms with Gasteiger partial charge in [0, 0.05) is 11.5 Å². The Hall–Kier alpha value is -2.34. The lowest BCUT2D eigenvalue weighted by atomic mass is 9.98. The van der Waals surface area contributed by atoms with Crippen LogP contribution in [0.4, 0.5) is 5.82 Å². The highest BCUT2D eigenvalue weighted by molar-refractivity contribution is 5.41. The Balaban J connectivity index is 1.60. The summed E-state index contributed by atoms with van der Waals surface area (Å²) in [6, 6.07) is 8.11. The summed E-state index contributed by atoms with van der Waals surface area (Å²) in [5.74, 6) is 2.29. The first kappa shape index (κ1) is 14.6. The Labute approximate surface area is 129 Å². The minimum Gasteiger partial charge on any atom is -0.488 e. The van der Waals surface area contributed by atoms with E-state index in [1.807, 2.05) is 18.2 Å². The maximum absolute atomic E-state index is 8.75. The van der Waals surface area contributed by atoms with Crippen LogP contribution in [0, 0.1) is 0 Å². The highest BCUT2D eigenvalue weighted by Crippen LogP contribution is 2.37. The third kappa shape index (κ3) is 3.12. The summed E-state index contributed by atoms with van der Waals surface area (Å²) in [6.45, 7) is 2.94. The SMILES string of the molecule is C[C@@H]1c2ccccc2O[C@@H]1CNc1cncc(OCCO)n1. The maximum atomic E-state index is 8.75. The molecule has 1 aromatic carbocycles. The average Bonchev–Trinajstić information content (AvgIpc) is 2.88. The number of aromatic nitrogens is 2. The highest BCUT2D eigenvalue weighted by atomic mass is 16.5. The number of ether oxygens (including phenoxy) is 2. The van der Waals surface area contributed by atoms with Crippen LogP contribution in [-0.4, -0.2) is 40.9 Å². The van der Waals surface area contributed by atoms with E-state index in [1.165, 1.54) is 11.8 Å². The molecule has 0 saturated heterocycles. The van der Waals surface area contributed by atoms with Crippen molar-refractivity contribution in [3.8, 4) is 11.6 Å². The molecule has 22 heavy (non-hydrogen) atoms. The van der Waals surface area contributed by atoms with E-state index in [9.17, 15) is 0 Å². The molecular formula is C16H19N3O3. The molecule has 0 radical (unpaired) electrons. The van der Waals surface area contributed by atoms with Gasteiger partial charge in [-0.15, -0.1) is 0 Å². The molecule has 1 aromatic heterocycles. The first-order valence-electron chi connectivity index (χ1n) is 7.33. The van der Waals surface area contributed by atoms with E-state index in [4.69, 9.17) is 14.6 Å². The fourth-order valence-electron chi connectivity index (χ4n) is 2.51. The number of anilines is 1. The Morgan fingerprint density at radius 2 is 2.18 bits per heavy atom. The molecule has 1 aliphatic heterocycles. The zero-order valence-corrected chi connectivity index (χ0v) is 12.4. The summed E-state index contributed by atoms with van der Waals surface area (Å²) >= 11 is 0. The van der Waals surface area contributed by atoms with Crippen LogP contribution < -0.4 is 14.8 Å². The summed E-state index contributed by atoms with van der Waals surface area (Å²) in [5.41, 5.74) is 1.24. The van der Waals surface area contributed by atoms with E-state index in [0.717, 1.165) is 5.75 Å². The third-order valence-corrected chi connectivity index (χ3v) is 3.68. The quantitative estimate of drug-likeness (QED) is 0.847. The normalized spacial score (nSPS) is 19.4. The van der Waals surface area contributed by atoms with Crippen LogP contribution in [0.25, 0.3) is 0 Å². The molecular weight excluding hydrogens is 282 g/mol. The van der Waals surface area contributed by atoms with E-state index in [-0.39, 0.29) is 19.3 Å². The molecule has 2 atom stereocenters. The van der Waals surface area contributed by atoms with Crippen LogP contribution in [0.3, 0.4) is 0 Å². The fourth-order valence-corrected chi connectivity index (χ4v) is 2.51. The molecule has 3 rings (SSSR count). The molecule has 1 aliphatic rings. The van der Waals surface area contributed by atoms with Gasteiger partial charge in [-0.05, 0) is 6.07 Å². The van der Waals surface area contributed by atoms with Crippen LogP contribution in [0.5, 0.6) is 11.6 Å². The van der Waals surface area contributed by atoms with Gasteiger partial charge >= 0.3 is 0 Å². The number of nitrogens with one attached hydrogen (secondary N) is 1. The van der Waals surface area contributed by atoms with Crippen LogP contribution in [0.1, 0.15) is 18.4 Å². The largest absolute Gasteiger partial charge is 0.488 e. The summed E-state index contributed by atoms with van der Waals surface area (Å²) < 4.78 is 11.2. The average molecular weight is 301 g/mol. The summed E-state index contributed by atoms with van der Waals surface area (Å²) in [5, 5.41) is 12.0. The van der Waals surface area contributed by atoms with Gasteiger partial charge in [-0.2, -0.15) is 4.98 Å². The van der Waals surface area contributed by atoms with Crippen molar-refractivity contribution in [1.82, 2.24) is 9.97 Å². The topological polar surface area (TPSA) is 76.5 Å². The molecule has 2 heterocycles. The van der Waals surface area contributed by atoms with Crippen molar-refractivity contribution in [3.05, 3.63) is 42.2 Å². The lowest BCUT2D eigenvalue weighted by Crippen LogP contribution is -2.27. The van der Waals surface area contributed by atoms with Gasteiger partial charge in [-0.1, -0.05) is 25.1 Å². The number of aliphatic hydroxyl groups is 1. The molecule has 2 N–H and O–H groups in total. The molecule has 0 unspecified atom stereocenters. The predicted molar refractivity (Wildman–Crippen MR) is 82.4 cm³/mol. The second-order valence-corrected chi connectivity index (χ2v) is 5.18. The lowest BCUT2D eigenvalue weighted by Gasteiger charge is -2.16. The molecule has 0 fully saturated rings. The number of nitrogens with zero attached hydrogens (tertiary/aromatic N) is 2.